The molecule has 1 saturated carbocycles. The van der Waals surface area contributed by atoms with E-state index in [0.717, 1.165) is 32.1 Å². The molecule has 1 aliphatic rings. The Hall–Kier alpha value is -0.570. The molecule has 0 amide bonds. The van der Waals surface area contributed by atoms with E-state index < -0.39 is 5.97 Å². The van der Waals surface area contributed by atoms with Crippen molar-refractivity contribution in [2.24, 2.45) is 11.1 Å². The van der Waals surface area contributed by atoms with Gasteiger partial charge >= 0.3 is 5.97 Å². The van der Waals surface area contributed by atoms with Crippen molar-refractivity contribution in [3.63, 3.8) is 0 Å². The molecule has 3 heteroatoms. The Morgan fingerprint density at radius 1 is 1.54 bits per heavy atom. The molecular formula is C10H19NO2. The van der Waals surface area contributed by atoms with Crippen LogP contribution in [0, 0.1) is 5.41 Å². The summed E-state index contributed by atoms with van der Waals surface area (Å²) in [6.07, 6.45) is 5.40. The molecule has 76 valence electrons. The summed E-state index contributed by atoms with van der Waals surface area (Å²) in [7, 11) is 0. The number of carboxylic acids is 1. The van der Waals surface area contributed by atoms with E-state index in [9.17, 15) is 4.79 Å². The van der Waals surface area contributed by atoms with E-state index in [1.165, 1.54) is 0 Å². The molecule has 3 N–H and O–H groups in total. The number of nitrogens with two attached hydrogens (primary N) is 1. The largest absolute Gasteiger partial charge is 0.481 e. The number of carboxylic acid groups (broad SMARTS) is 1. The SMILES string of the molecule is CCC(N)C1(CC(=O)O)CCCC1. The Balaban J connectivity index is 2.68. The van der Waals surface area contributed by atoms with E-state index in [0.29, 0.717) is 0 Å². The summed E-state index contributed by atoms with van der Waals surface area (Å²) >= 11 is 0. The minimum atomic E-state index is -0.703. The fourth-order valence-corrected chi connectivity index (χ4v) is 2.49. The maximum atomic E-state index is 10.7. The highest BCUT2D eigenvalue weighted by atomic mass is 16.4. The van der Waals surface area contributed by atoms with Gasteiger partial charge in [0.25, 0.3) is 0 Å². The molecule has 0 aromatic heterocycles. The molecule has 1 fully saturated rings. The molecule has 1 aliphatic carbocycles. The maximum absolute atomic E-state index is 10.7. The Kier molecular flexibility index (Phi) is 3.31. The third kappa shape index (κ3) is 2.21. The predicted molar refractivity (Wildman–Crippen MR) is 51.4 cm³/mol. The topological polar surface area (TPSA) is 63.3 Å². The van der Waals surface area contributed by atoms with Gasteiger partial charge in [0.2, 0.25) is 0 Å². The second kappa shape index (κ2) is 4.09. The van der Waals surface area contributed by atoms with Crippen LogP contribution in [0.4, 0.5) is 0 Å². The number of rotatable bonds is 4. The lowest BCUT2D eigenvalue weighted by atomic mass is 9.75. The first-order chi connectivity index (χ1) is 6.10. The molecule has 0 heterocycles. The Labute approximate surface area is 79.3 Å². The molecule has 0 aliphatic heterocycles. The van der Waals surface area contributed by atoms with Crippen LogP contribution in [-0.4, -0.2) is 17.1 Å². The minimum absolute atomic E-state index is 0.0612. The van der Waals surface area contributed by atoms with Gasteiger partial charge in [0.15, 0.2) is 0 Å². The fourth-order valence-electron chi connectivity index (χ4n) is 2.49. The molecule has 1 unspecified atom stereocenters. The van der Waals surface area contributed by atoms with Crippen molar-refractivity contribution < 1.29 is 9.90 Å². The van der Waals surface area contributed by atoms with Crippen LogP contribution in [0.15, 0.2) is 0 Å². The minimum Gasteiger partial charge on any atom is -0.481 e. The van der Waals surface area contributed by atoms with Crippen LogP contribution in [0.3, 0.4) is 0 Å². The molecule has 0 aromatic carbocycles. The number of hydrogen-bond acceptors (Lipinski definition) is 2. The average molecular weight is 185 g/mol. The van der Waals surface area contributed by atoms with Gasteiger partial charge in [0.1, 0.15) is 0 Å². The van der Waals surface area contributed by atoms with Crippen LogP contribution in [0.1, 0.15) is 45.4 Å². The zero-order valence-electron chi connectivity index (χ0n) is 8.25. The molecule has 3 nitrogen and oxygen atoms in total. The summed E-state index contributed by atoms with van der Waals surface area (Å²) in [5, 5.41) is 8.83. The van der Waals surface area contributed by atoms with Gasteiger partial charge in [-0.05, 0) is 24.7 Å². The fraction of sp³-hybridized carbons (Fsp3) is 0.900. The van der Waals surface area contributed by atoms with Crippen LogP contribution in [0.25, 0.3) is 0 Å². The molecule has 1 atom stereocenters. The Bertz CT molecular complexity index is 185. The van der Waals surface area contributed by atoms with Gasteiger partial charge in [-0.2, -0.15) is 0 Å². The van der Waals surface area contributed by atoms with Crippen LogP contribution in [-0.2, 0) is 4.79 Å². The van der Waals surface area contributed by atoms with Crippen molar-refractivity contribution in [2.75, 3.05) is 0 Å². The van der Waals surface area contributed by atoms with Crippen LogP contribution >= 0.6 is 0 Å². The molecule has 13 heavy (non-hydrogen) atoms. The maximum Gasteiger partial charge on any atom is 0.303 e. The van der Waals surface area contributed by atoms with Crippen molar-refractivity contribution in [1.29, 1.82) is 0 Å². The van der Waals surface area contributed by atoms with Gasteiger partial charge in [-0.3, -0.25) is 4.79 Å². The molecular weight excluding hydrogens is 166 g/mol. The van der Waals surface area contributed by atoms with Crippen molar-refractivity contribution in [3.8, 4) is 0 Å². The summed E-state index contributed by atoms with van der Waals surface area (Å²) in [5.74, 6) is -0.703. The number of carbonyl (C=O) groups is 1. The monoisotopic (exact) mass is 185 g/mol. The van der Waals surface area contributed by atoms with Gasteiger partial charge in [-0.25, -0.2) is 0 Å². The molecule has 0 aromatic rings. The van der Waals surface area contributed by atoms with E-state index in [1.54, 1.807) is 0 Å². The van der Waals surface area contributed by atoms with Gasteiger partial charge < -0.3 is 10.8 Å². The lowest BCUT2D eigenvalue weighted by Crippen LogP contribution is -2.40. The van der Waals surface area contributed by atoms with Gasteiger partial charge in [0, 0.05) is 6.04 Å². The Morgan fingerprint density at radius 2 is 2.08 bits per heavy atom. The van der Waals surface area contributed by atoms with Crippen molar-refractivity contribution in [3.05, 3.63) is 0 Å². The first-order valence-electron chi connectivity index (χ1n) is 5.08. The molecule has 0 saturated heterocycles. The summed E-state index contributed by atoms with van der Waals surface area (Å²) in [4.78, 5) is 10.7. The molecule has 0 bridgehead atoms. The van der Waals surface area contributed by atoms with Crippen molar-refractivity contribution in [2.45, 2.75) is 51.5 Å². The zero-order chi connectivity index (χ0) is 9.90. The second-order valence-electron chi connectivity index (χ2n) is 4.15. The summed E-state index contributed by atoms with van der Waals surface area (Å²) < 4.78 is 0. The first-order valence-corrected chi connectivity index (χ1v) is 5.08. The first kappa shape index (κ1) is 10.5. The van der Waals surface area contributed by atoms with E-state index in [2.05, 4.69) is 0 Å². The molecule has 0 spiro atoms. The van der Waals surface area contributed by atoms with Crippen molar-refractivity contribution >= 4 is 5.97 Å². The van der Waals surface area contributed by atoms with E-state index in [-0.39, 0.29) is 17.9 Å². The van der Waals surface area contributed by atoms with E-state index in [1.807, 2.05) is 6.92 Å². The number of hydrogen-bond donors (Lipinski definition) is 2. The highest BCUT2D eigenvalue weighted by molar-refractivity contribution is 5.68. The second-order valence-corrected chi connectivity index (χ2v) is 4.15. The van der Waals surface area contributed by atoms with E-state index in [4.69, 9.17) is 10.8 Å². The Morgan fingerprint density at radius 3 is 2.46 bits per heavy atom. The number of aliphatic carboxylic acids is 1. The zero-order valence-corrected chi connectivity index (χ0v) is 8.25. The summed E-state index contributed by atoms with van der Waals surface area (Å²) in [6, 6.07) is 0.0612. The molecule has 1 rings (SSSR count). The quantitative estimate of drug-likeness (QED) is 0.701. The summed E-state index contributed by atoms with van der Waals surface area (Å²) in [5.41, 5.74) is 5.90. The van der Waals surface area contributed by atoms with Gasteiger partial charge in [-0.1, -0.05) is 19.8 Å². The van der Waals surface area contributed by atoms with Crippen molar-refractivity contribution in [1.82, 2.24) is 0 Å². The third-order valence-electron chi connectivity index (χ3n) is 3.33. The lowest BCUT2D eigenvalue weighted by Gasteiger charge is -2.33. The highest BCUT2D eigenvalue weighted by Crippen LogP contribution is 2.44. The van der Waals surface area contributed by atoms with Gasteiger partial charge in [-0.15, -0.1) is 0 Å². The summed E-state index contributed by atoms with van der Waals surface area (Å²) in [6.45, 7) is 2.03. The third-order valence-corrected chi connectivity index (χ3v) is 3.33. The predicted octanol–water partition coefficient (Wildman–Crippen LogP) is 1.76. The average Bonchev–Trinajstić information content (AvgIpc) is 2.51. The van der Waals surface area contributed by atoms with Gasteiger partial charge in [0.05, 0.1) is 6.42 Å². The normalized spacial score (nSPS) is 22.9. The smallest absolute Gasteiger partial charge is 0.303 e. The lowest BCUT2D eigenvalue weighted by molar-refractivity contribution is -0.140. The van der Waals surface area contributed by atoms with Crippen LogP contribution < -0.4 is 5.73 Å². The standard InChI is InChI=1S/C10H19NO2/c1-2-8(11)10(7-9(12)13)5-3-4-6-10/h8H,2-7,11H2,1H3,(H,12,13). The molecule has 0 radical (unpaired) electrons. The van der Waals surface area contributed by atoms with Crippen LogP contribution in [0.2, 0.25) is 0 Å². The highest BCUT2D eigenvalue weighted by Gasteiger charge is 2.40. The van der Waals surface area contributed by atoms with Crippen LogP contribution in [0.5, 0.6) is 0 Å². The van der Waals surface area contributed by atoms with E-state index >= 15 is 0 Å².